The zero-order chi connectivity index (χ0) is 6.85. The molecule has 9 heavy (non-hydrogen) atoms. The van der Waals surface area contributed by atoms with Crippen LogP contribution in [-0.4, -0.2) is 35.4 Å². The minimum atomic E-state index is 0.265. The van der Waals surface area contributed by atoms with Crippen LogP contribution >= 0.6 is 0 Å². The van der Waals surface area contributed by atoms with E-state index in [0.717, 1.165) is 13.1 Å². The van der Waals surface area contributed by atoms with Crippen molar-refractivity contribution in [1.82, 2.24) is 10.4 Å². The van der Waals surface area contributed by atoms with Crippen molar-refractivity contribution in [1.29, 1.82) is 0 Å². The molecule has 2 unspecified atom stereocenters. The lowest BCUT2D eigenvalue weighted by atomic mass is 10.2. The van der Waals surface area contributed by atoms with Crippen LogP contribution in [0, 0.1) is 0 Å². The number of hydroxylamine groups is 2. The number of hydrogen-bond donors (Lipinski definition) is 2. The Morgan fingerprint density at radius 3 is 2.67 bits per heavy atom. The molecule has 0 saturated carbocycles. The van der Waals surface area contributed by atoms with E-state index in [1.54, 1.807) is 0 Å². The van der Waals surface area contributed by atoms with Gasteiger partial charge in [0.1, 0.15) is 0 Å². The molecule has 2 N–H and O–H groups in total. The highest BCUT2D eigenvalue weighted by Crippen LogP contribution is 2.01. The zero-order valence-electron chi connectivity index (χ0n) is 5.96. The molecule has 0 radical (unpaired) electrons. The Morgan fingerprint density at radius 1 is 1.56 bits per heavy atom. The van der Waals surface area contributed by atoms with Gasteiger partial charge in [0.05, 0.1) is 0 Å². The number of piperazine rings is 1. The topological polar surface area (TPSA) is 35.5 Å². The summed E-state index contributed by atoms with van der Waals surface area (Å²) in [6.07, 6.45) is 0. The molecule has 1 heterocycles. The van der Waals surface area contributed by atoms with Crippen LogP contribution in [0.3, 0.4) is 0 Å². The lowest BCUT2D eigenvalue weighted by Gasteiger charge is -2.32. The van der Waals surface area contributed by atoms with Crippen molar-refractivity contribution in [2.45, 2.75) is 25.9 Å². The summed E-state index contributed by atoms with van der Waals surface area (Å²) < 4.78 is 0. The van der Waals surface area contributed by atoms with Gasteiger partial charge in [0.25, 0.3) is 0 Å². The number of nitrogens with zero attached hydrogens (tertiary/aromatic N) is 1. The van der Waals surface area contributed by atoms with Crippen LogP contribution in [0.5, 0.6) is 0 Å². The van der Waals surface area contributed by atoms with Crippen molar-refractivity contribution in [2.75, 3.05) is 13.1 Å². The average molecular weight is 130 g/mol. The third kappa shape index (κ3) is 1.64. The Hall–Kier alpha value is -0.120. The summed E-state index contributed by atoms with van der Waals surface area (Å²) in [5.41, 5.74) is 0. The van der Waals surface area contributed by atoms with E-state index >= 15 is 0 Å². The quantitative estimate of drug-likeness (QED) is 0.486. The average Bonchev–Trinajstić information content (AvgIpc) is 1.80. The zero-order valence-corrected chi connectivity index (χ0v) is 5.96. The van der Waals surface area contributed by atoms with Crippen LogP contribution in [0.25, 0.3) is 0 Å². The second kappa shape index (κ2) is 2.64. The highest BCUT2D eigenvalue weighted by atomic mass is 16.5. The van der Waals surface area contributed by atoms with Crippen molar-refractivity contribution >= 4 is 0 Å². The van der Waals surface area contributed by atoms with Crippen molar-refractivity contribution < 1.29 is 5.21 Å². The van der Waals surface area contributed by atoms with E-state index in [9.17, 15) is 0 Å². The Kier molecular flexibility index (Phi) is 2.05. The lowest BCUT2D eigenvalue weighted by molar-refractivity contribution is -0.138. The summed E-state index contributed by atoms with van der Waals surface area (Å²) in [5.74, 6) is 0. The molecular formula is C6H14N2O. The van der Waals surface area contributed by atoms with E-state index in [2.05, 4.69) is 12.2 Å². The Labute approximate surface area is 55.6 Å². The van der Waals surface area contributed by atoms with Crippen LogP contribution in [0.1, 0.15) is 13.8 Å². The Bertz CT molecular complexity index is 97.1. The molecule has 1 rings (SSSR count). The first-order chi connectivity index (χ1) is 4.20. The van der Waals surface area contributed by atoms with Crippen molar-refractivity contribution in [3.05, 3.63) is 0 Å². The lowest BCUT2D eigenvalue weighted by Crippen LogP contribution is -2.52. The first kappa shape index (κ1) is 6.99. The van der Waals surface area contributed by atoms with Gasteiger partial charge >= 0.3 is 0 Å². The Morgan fingerprint density at radius 2 is 2.22 bits per heavy atom. The molecule has 0 amide bonds. The number of rotatable bonds is 0. The van der Waals surface area contributed by atoms with Crippen LogP contribution < -0.4 is 5.32 Å². The first-order valence-electron chi connectivity index (χ1n) is 3.39. The second-order valence-electron chi connectivity index (χ2n) is 2.78. The van der Waals surface area contributed by atoms with Crippen LogP contribution in [0.2, 0.25) is 0 Å². The molecule has 1 fully saturated rings. The molecule has 1 aliphatic heterocycles. The van der Waals surface area contributed by atoms with Gasteiger partial charge in [-0.3, -0.25) is 0 Å². The van der Waals surface area contributed by atoms with Gasteiger partial charge in [-0.2, -0.15) is 5.06 Å². The van der Waals surface area contributed by atoms with E-state index in [4.69, 9.17) is 5.21 Å². The second-order valence-corrected chi connectivity index (χ2v) is 2.78. The molecule has 54 valence electrons. The highest BCUT2D eigenvalue weighted by molar-refractivity contribution is 4.75. The standard InChI is InChI=1S/C6H14N2O/c1-5-4-8(9)6(2)3-7-5/h5-7,9H,3-4H2,1-2H3. The predicted molar refractivity (Wildman–Crippen MR) is 35.4 cm³/mol. The van der Waals surface area contributed by atoms with Crippen LogP contribution in [0.4, 0.5) is 0 Å². The molecule has 0 spiro atoms. The van der Waals surface area contributed by atoms with Gasteiger partial charge < -0.3 is 10.5 Å². The van der Waals surface area contributed by atoms with Gasteiger partial charge in [0.2, 0.25) is 0 Å². The predicted octanol–water partition coefficient (Wildman–Crippen LogP) is 0.0578. The third-order valence-corrected chi connectivity index (χ3v) is 1.73. The minimum Gasteiger partial charge on any atom is -0.314 e. The summed E-state index contributed by atoms with van der Waals surface area (Å²) >= 11 is 0. The molecule has 0 aliphatic carbocycles. The summed E-state index contributed by atoms with van der Waals surface area (Å²) in [5, 5.41) is 13.8. The number of hydrogen-bond acceptors (Lipinski definition) is 3. The summed E-state index contributed by atoms with van der Waals surface area (Å²) in [7, 11) is 0. The van der Waals surface area contributed by atoms with Crippen molar-refractivity contribution in [2.24, 2.45) is 0 Å². The molecular weight excluding hydrogens is 116 g/mol. The van der Waals surface area contributed by atoms with Gasteiger partial charge in [0.15, 0.2) is 0 Å². The van der Waals surface area contributed by atoms with Gasteiger partial charge in [-0.1, -0.05) is 0 Å². The van der Waals surface area contributed by atoms with Gasteiger partial charge in [0, 0.05) is 25.2 Å². The van der Waals surface area contributed by atoms with E-state index in [1.165, 1.54) is 5.06 Å². The van der Waals surface area contributed by atoms with Crippen LogP contribution in [-0.2, 0) is 0 Å². The van der Waals surface area contributed by atoms with Crippen LogP contribution in [0.15, 0.2) is 0 Å². The SMILES string of the molecule is CC1CN(O)C(C)CN1. The smallest absolute Gasteiger partial charge is 0.0447 e. The Balaban J connectivity index is 2.35. The monoisotopic (exact) mass is 130 g/mol. The van der Waals surface area contributed by atoms with Gasteiger partial charge in [-0.05, 0) is 13.8 Å². The molecule has 2 atom stereocenters. The minimum absolute atomic E-state index is 0.265. The largest absolute Gasteiger partial charge is 0.314 e. The van der Waals surface area contributed by atoms with E-state index < -0.39 is 0 Å². The normalized spacial score (nSPS) is 39.0. The summed E-state index contributed by atoms with van der Waals surface area (Å²) in [4.78, 5) is 0. The molecule has 0 aromatic rings. The molecule has 0 bridgehead atoms. The van der Waals surface area contributed by atoms with Gasteiger partial charge in [-0.25, -0.2) is 0 Å². The molecule has 3 nitrogen and oxygen atoms in total. The molecule has 3 heteroatoms. The maximum Gasteiger partial charge on any atom is 0.0447 e. The molecule has 1 aliphatic rings. The fraction of sp³-hybridized carbons (Fsp3) is 1.00. The summed E-state index contributed by atoms with van der Waals surface area (Å²) in [6, 6.07) is 0.687. The van der Waals surface area contributed by atoms with Crippen molar-refractivity contribution in [3.8, 4) is 0 Å². The third-order valence-electron chi connectivity index (χ3n) is 1.73. The molecule has 1 saturated heterocycles. The highest BCUT2D eigenvalue weighted by Gasteiger charge is 2.19. The molecule has 0 aromatic carbocycles. The van der Waals surface area contributed by atoms with E-state index in [1.807, 2.05) is 6.92 Å². The molecule has 0 aromatic heterocycles. The fourth-order valence-electron chi connectivity index (χ4n) is 1.00. The van der Waals surface area contributed by atoms with E-state index in [0.29, 0.717) is 6.04 Å². The maximum atomic E-state index is 9.14. The first-order valence-corrected chi connectivity index (χ1v) is 3.39. The maximum absolute atomic E-state index is 9.14. The van der Waals surface area contributed by atoms with Crippen molar-refractivity contribution in [3.63, 3.8) is 0 Å². The fourth-order valence-corrected chi connectivity index (χ4v) is 1.00. The van der Waals surface area contributed by atoms with Gasteiger partial charge in [-0.15, -0.1) is 0 Å². The number of nitrogens with one attached hydrogen (secondary N) is 1. The summed E-state index contributed by atoms with van der Waals surface area (Å²) in [6.45, 7) is 5.69. The van der Waals surface area contributed by atoms with E-state index in [-0.39, 0.29) is 6.04 Å².